The average Bonchev–Trinajstić information content (AvgIpc) is 2.59. The number of nitrogens with two attached hydrogens (primary N) is 1. The highest BCUT2D eigenvalue weighted by Gasteiger charge is 2.22. The topological polar surface area (TPSA) is 105 Å². The molecule has 3 N–H and O–H groups in total. The van der Waals surface area contributed by atoms with E-state index < -0.39 is 0 Å². The maximum Gasteiger partial charge on any atom is 0.317 e. The Hall–Kier alpha value is -1.87. The normalized spacial score (nSPS) is 14.7. The van der Waals surface area contributed by atoms with E-state index in [-0.39, 0.29) is 16.6 Å². The molecule has 0 spiro atoms. The lowest BCUT2D eigenvalue weighted by Crippen LogP contribution is -2.52. The van der Waals surface area contributed by atoms with E-state index in [0.29, 0.717) is 50.2 Å². The number of carbonyl (C=O) groups is 1. The average molecular weight is 386 g/mol. The Balaban J connectivity index is 2.00. The van der Waals surface area contributed by atoms with Gasteiger partial charge in [0, 0.05) is 61.9 Å². The summed E-state index contributed by atoms with van der Waals surface area (Å²) in [4.78, 5) is 26.4. The van der Waals surface area contributed by atoms with Crippen molar-refractivity contribution in [2.24, 2.45) is 5.73 Å². The molecule has 1 aliphatic rings. The molecule has 126 valence electrons. The number of nitro benzene ring substituents is 1. The number of anilines is 1. The lowest BCUT2D eigenvalue weighted by Gasteiger charge is -2.36. The molecule has 9 heteroatoms. The zero-order valence-corrected chi connectivity index (χ0v) is 14.3. The van der Waals surface area contributed by atoms with Crippen molar-refractivity contribution < 1.29 is 9.72 Å². The number of alkyl halides is 1. The second-order valence-electron chi connectivity index (χ2n) is 5.20. The quantitative estimate of drug-likeness (QED) is 0.451. The maximum atomic E-state index is 11.9. The SMILES string of the molecule is NCCNC(=O)N1CCN(c2ccc([N+](=O)[O-])c(CBr)c2)CC1. The van der Waals surface area contributed by atoms with Crippen molar-refractivity contribution in [1.82, 2.24) is 10.2 Å². The van der Waals surface area contributed by atoms with E-state index in [1.165, 1.54) is 6.07 Å². The van der Waals surface area contributed by atoms with Crippen LogP contribution in [0.3, 0.4) is 0 Å². The maximum absolute atomic E-state index is 11.9. The van der Waals surface area contributed by atoms with Gasteiger partial charge in [0.25, 0.3) is 5.69 Å². The summed E-state index contributed by atoms with van der Waals surface area (Å²) < 4.78 is 0. The monoisotopic (exact) mass is 385 g/mol. The second kappa shape index (κ2) is 8.11. The van der Waals surface area contributed by atoms with Gasteiger partial charge in [0.1, 0.15) is 0 Å². The largest absolute Gasteiger partial charge is 0.368 e. The number of urea groups is 1. The van der Waals surface area contributed by atoms with Crippen LogP contribution in [-0.2, 0) is 5.33 Å². The van der Waals surface area contributed by atoms with Gasteiger partial charge in [0.2, 0.25) is 0 Å². The molecule has 1 aromatic carbocycles. The van der Waals surface area contributed by atoms with Gasteiger partial charge in [-0.25, -0.2) is 4.79 Å². The molecular weight excluding hydrogens is 366 g/mol. The van der Waals surface area contributed by atoms with Gasteiger partial charge < -0.3 is 20.9 Å². The lowest BCUT2D eigenvalue weighted by atomic mass is 10.1. The van der Waals surface area contributed by atoms with Crippen LogP contribution in [-0.4, -0.2) is 55.1 Å². The number of nitrogens with one attached hydrogen (secondary N) is 1. The van der Waals surface area contributed by atoms with Crippen molar-refractivity contribution in [2.75, 3.05) is 44.2 Å². The smallest absolute Gasteiger partial charge is 0.317 e. The van der Waals surface area contributed by atoms with E-state index in [1.54, 1.807) is 11.0 Å². The first-order valence-corrected chi connectivity index (χ1v) is 8.50. The van der Waals surface area contributed by atoms with Crippen molar-refractivity contribution in [3.63, 3.8) is 0 Å². The standard InChI is InChI=1S/C14H20BrN5O3/c15-10-11-9-12(1-2-13(11)20(22)23)18-5-7-19(8-6-18)14(21)17-4-3-16/h1-2,9H,3-8,10,16H2,(H,17,21). The molecule has 0 bridgehead atoms. The minimum Gasteiger partial charge on any atom is -0.368 e. The number of nitrogens with zero attached hydrogens (tertiary/aromatic N) is 3. The number of benzene rings is 1. The third kappa shape index (κ3) is 4.32. The lowest BCUT2D eigenvalue weighted by molar-refractivity contribution is -0.385. The van der Waals surface area contributed by atoms with E-state index in [1.807, 2.05) is 6.07 Å². The first-order chi connectivity index (χ1) is 11.1. The van der Waals surface area contributed by atoms with Crippen LogP contribution in [0.15, 0.2) is 18.2 Å². The zero-order valence-electron chi connectivity index (χ0n) is 12.7. The van der Waals surface area contributed by atoms with Crippen molar-refractivity contribution in [3.05, 3.63) is 33.9 Å². The zero-order chi connectivity index (χ0) is 16.8. The molecule has 1 fully saturated rings. The summed E-state index contributed by atoms with van der Waals surface area (Å²) in [6.07, 6.45) is 0. The molecule has 23 heavy (non-hydrogen) atoms. The Morgan fingerprint density at radius 3 is 2.61 bits per heavy atom. The molecule has 0 saturated carbocycles. The van der Waals surface area contributed by atoms with Crippen LogP contribution < -0.4 is 16.0 Å². The molecule has 0 radical (unpaired) electrons. The third-order valence-corrected chi connectivity index (χ3v) is 4.36. The second-order valence-corrected chi connectivity index (χ2v) is 5.76. The third-order valence-electron chi connectivity index (χ3n) is 3.76. The van der Waals surface area contributed by atoms with Crippen LogP contribution in [0.4, 0.5) is 16.2 Å². The van der Waals surface area contributed by atoms with Gasteiger partial charge in [-0.3, -0.25) is 10.1 Å². The predicted molar refractivity (Wildman–Crippen MR) is 92.0 cm³/mol. The van der Waals surface area contributed by atoms with Gasteiger partial charge in [-0.1, -0.05) is 15.9 Å². The van der Waals surface area contributed by atoms with Crippen LogP contribution in [0.5, 0.6) is 0 Å². The number of piperazine rings is 1. The predicted octanol–water partition coefficient (Wildman–Crippen LogP) is 1.28. The number of rotatable bonds is 5. The van der Waals surface area contributed by atoms with Gasteiger partial charge in [-0.05, 0) is 12.1 Å². The summed E-state index contributed by atoms with van der Waals surface area (Å²) in [5.41, 5.74) is 7.07. The van der Waals surface area contributed by atoms with Crippen LogP contribution in [0.25, 0.3) is 0 Å². The van der Waals surface area contributed by atoms with Crippen LogP contribution in [0.2, 0.25) is 0 Å². The van der Waals surface area contributed by atoms with E-state index in [9.17, 15) is 14.9 Å². The number of hydrogen-bond donors (Lipinski definition) is 2. The molecule has 0 atom stereocenters. The molecular formula is C14H20BrN5O3. The first-order valence-electron chi connectivity index (χ1n) is 7.38. The molecule has 1 heterocycles. The van der Waals surface area contributed by atoms with Crippen molar-refractivity contribution >= 4 is 33.3 Å². The molecule has 2 rings (SSSR count). The minimum atomic E-state index is -0.375. The first kappa shape index (κ1) is 17.5. The summed E-state index contributed by atoms with van der Waals surface area (Å²) in [6.45, 7) is 3.49. The molecule has 1 saturated heterocycles. The summed E-state index contributed by atoms with van der Waals surface area (Å²) >= 11 is 3.29. The summed E-state index contributed by atoms with van der Waals surface area (Å²) in [5.74, 6) is 0. The highest BCUT2D eigenvalue weighted by molar-refractivity contribution is 9.08. The van der Waals surface area contributed by atoms with Gasteiger partial charge in [0.05, 0.1) is 4.92 Å². The number of carbonyl (C=O) groups excluding carboxylic acids is 1. The van der Waals surface area contributed by atoms with Gasteiger partial charge in [-0.2, -0.15) is 0 Å². The summed E-state index contributed by atoms with van der Waals surface area (Å²) in [5, 5.41) is 14.2. The molecule has 0 aliphatic carbocycles. The van der Waals surface area contributed by atoms with Crippen molar-refractivity contribution in [1.29, 1.82) is 0 Å². The fourth-order valence-electron chi connectivity index (χ4n) is 2.51. The Bertz CT molecular complexity index is 576. The van der Waals surface area contributed by atoms with Gasteiger partial charge >= 0.3 is 6.03 Å². The van der Waals surface area contributed by atoms with E-state index in [4.69, 9.17) is 5.73 Å². The van der Waals surface area contributed by atoms with E-state index >= 15 is 0 Å². The molecule has 1 aromatic rings. The van der Waals surface area contributed by atoms with Crippen molar-refractivity contribution in [3.8, 4) is 0 Å². The van der Waals surface area contributed by atoms with Crippen LogP contribution in [0.1, 0.15) is 5.56 Å². The fraction of sp³-hybridized carbons (Fsp3) is 0.500. The fourth-order valence-corrected chi connectivity index (χ4v) is 2.96. The van der Waals surface area contributed by atoms with Crippen LogP contribution in [0, 0.1) is 10.1 Å². The Morgan fingerprint density at radius 1 is 1.35 bits per heavy atom. The Kier molecular flexibility index (Phi) is 6.17. The summed E-state index contributed by atoms with van der Waals surface area (Å²) in [7, 11) is 0. The van der Waals surface area contributed by atoms with E-state index in [0.717, 1.165) is 5.69 Å². The molecule has 0 aromatic heterocycles. The van der Waals surface area contributed by atoms with Gasteiger partial charge in [-0.15, -0.1) is 0 Å². The summed E-state index contributed by atoms with van der Waals surface area (Å²) in [6, 6.07) is 5.03. The Labute approximate surface area is 142 Å². The van der Waals surface area contributed by atoms with E-state index in [2.05, 4.69) is 26.1 Å². The highest BCUT2D eigenvalue weighted by atomic mass is 79.9. The highest BCUT2D eigenvalue weighted by Crippen LogP contribution is 2.27. The number of hydrogen-bond acceptors (Lipinski definition) is 5. The molecule has 2 amide bonds. The van der Waals surface area contributed by atoms with Crippen molar-refractivity contribution in [2.45, 2.75) is 5.33 Å². The Morgan fingerprint density at radius 2 is 2.04 bits per heavy atom. The number of halogens is 1. The van der Waals surface area contributed by atoms with Crippen LogP contribution >= 0.6 is 15.9 Å². The number of nitro groups is 1. The molecule has 1 aliphatic heterocycles. The molecule has 0 unspecified atom stereocenters. The molecule has 8 nitrogen and oxygen atoms in total. The minimum absolute atomic E-state index is 0.0973. The van der Waals surface area contributed by atoms with Gasteiger partial charge in [0.15, 0.2) is 0 Å². The number of amides is 2.